The lowest BCUT2D eigenvalue weighted by Crippen LogP contribution is -2.30. The standard InChI is InChI=1S/C11H11N3O4/c12-6-10(15)17-7-9-11(13-18-14(9)16)8-4-2-1-3-5-8/h1-5H,6-7,12H2. The minimum Gasteiger partial charge on any atom is -0.456 e. The number of esters is 1. The summed E-state index contributed by atoms with van der Waals surface area (Å²) in [6, 6.07) is 8.98. The Morgan fingerprint density at radius 2 is 2.17 bits per heavy atom. The van der Waals surface area contributed by atoms with E-state index < -0.39 is 5.97 Å². The Morgan fingerprint density at radius 1 is 1.44 bits per heavy atom. The predicted molar refractivity (Wildman–Crippen MR) is 59.7 cm³/mol. The molecule has 1 heterocycles. The highest BCUT2D eigenvalue weighted by Gasteiger charge is 2.21. The summed E-state index contributed by atoms with van der Waals surface area (Å²) < 4.78 is 9.30. The highest BCUT2D eigenvalue weighted by atomic mass is 16.8. The van der Waals surface area contributed by atoms with Gasteiger partial charge in [0.15, 0.2) is 6.61 Å². The predicted octanol–water partition coefficient (Wildman–Crippen LogP) is -0.0231. The molecule has 0 aliphatic carbocycles. The molecule has 2 aromatic rings. The number of nitrogens with two attached hydrogens (primary N) is 1. The van der Waals surface area contributed by atoms with Crippen LogP contribution in [0, 0.1) is 5.21 Å². The number of rotatable bonds is 4. The monoisotopic (exact) mass is 249 g/mol. The van der Waals surface area contributed by atoms with Gasteiger partial charge in [-0.3, -0.25) is 9.42 Å². The number of nitrogens with zero attached hydrogens (tertiary/aromatic N) is 2. The van der Waals surface area contributed by atoms with Crippen molar-refractivity contribution < 1.29 is 19.1 Å². The first kappa shape index (κ1) is 12.1. The molecule has 2 rings (SSSR count). The average Bonchev–Trinajstić information content (AvgIpc) is 2.78. The summed E-state index contributed by atoms with van der Waals surface area (Å²) in [4.78, 5) is 11.2. The van der Waals surface area contributed by atoms with Crippen molar-refractivity contribution in [2.75, 3.05) is 6.54 Å². The van der Waals surface area contributed by atoms with Gasteiger partial charge in [-0.25, -0.2) is 0 Å². The van der Waals surface area contributed by atoms with E-state index in [1.165, 1.54) is 0 Å². The molecule has 1 aromatic carbocycles. The van der Waals surface area contributed by atoms with Crippen molar-refractivity contribution in [1.29, 1.82) is 0 Å². The summed E-state index contributed by atoms with van der Waals surface area (Å²) in [5.41, 5.74) is 6.27. The molecule has 0 saturated carbocycles. The van der Waals surface area contributed by atoms with Gasteiger partial charge in [0, 0.05) is 10.7 Å². The third kappa shape index (κ3) is 2.46. The van der Waals surface area contributed by atoms with E-state index >= 15 is 0 Å². The third-order valence-corrected chi connectivity index (χ3v) is 2.28. The SMILES string of the molecule is NCC(=O)OCc1c(-c2ccccc2)no[n+]1[O-]. The van der Waals surface area contributed by atoms with Gasteiger partial charge in [0.1, 0.15) is 0 Å². The lowest BCUT2D eigenvalue weighted by molar-refractivity contribution is -0.808. The summed E-state index contributed by atoms with van der Waals surface area (Å²) in [5.74, 6) is -0.602. The fourth-order valence-corrected chi connectivity index (χ4v) is 1.41. The summed E-state index contributed by atoms with van der Waals surface area (Å²) in [6.45, 7) is -0.474. The van der Waals surface area contributed by atoms with Crippen LogP contribution in [-0.2, 0) is 16.1 Å². The molecule has 0 fully saturated rings. The van der Waals surface area contributed by atoms with Gasteiger partial charge in [0.2, 0.25) is 5.69 Å². The number of benzene rings is 1. The van der Waals surface area contributed by atoms with Crippen molar-refractivity contribution in [3.63, 3.8) is 0 Å². The van der Waals surface area contributed by atoms with Gasteiger partial charge in [-0.2, -0.15) is 0 Å². The van der Waals surface area contributed by atoms with E-state index in [0.29, 0.717) is 11.3 Å². The van der Waals surface area contributed by atoms with Gasteiger partial charge < -0.3 is 15.7 Å². The van der Waals surface area contributed by atoms with Crippen LogP contribution in [0.5, 0.6) is 0 Å². The third-order valence-electron chi connectivity index (χ3n) is 2.28. The van der Waals surface area contributed by atoms with Gasteiger partial charge in [-0.05, 0) is 4.90 Å². The highest BCUT2D eigenvalue weighted by molar-refractivity contribution is 5.71. The van der Waals surface area contributed by atoms with Crippen molar-refractivity contribution in [2.45, 2.75) is 6.61 Å². The summed E-state index contributed by atoms with van der Waals surface area (Å²) in [5, 5.41) is 15.0. The van der Waals surface area contributed by atoms with Crippen LogP contribution in [0.25, 0.3) is 11.3 Å². The topological polar surface area (TPSA) is 105 Å². The second-order valence-electron chi connectivity index (χ2n) is 3.46. The van der Waals surface area contributed by atoms with E-state index in [2.05, 4.69) is 9.79 Å². The molecule has 0 amide bonds. The zero-order chi connectivity index (χ0) is 13.0. The van der Waals surface area contributed by atoms with Crippen LogP contribution in [0.1, 0.15) is 5.69 Å². The first-order chi connectivity index (χ1) is 8.72. The van der Waals surface area contributed by atoms with Crippen LogP contribution >= 0.6 is 0 Å². The first-order valence-corrected chi connectivity index (χ1v) is 5.22. The smallest absolute Gasteiger partial charge is 0.320 e. The Labute approximate surface area is 102 Å². The van der Waals surface area contributed by atoms with E-state index in [1.54, 1.807) is 24.3 Å². The zero-order valence-corrected chi connectivity index (χ0v) is 9.41. The first-order valence-electron chi connectivity index (χ1n) is 5.22. The van der Waals surface area contributed by atoms with Crippen molar-refractivity contribution in [3.05, 3.63) is 41.2 Å². The molecule has 0 aliphatic heterocycles. The molecular formula is C11H11N3O4. The van der Waals surface area contributed by atoms with E-state index in [1.807, 2.05) is 6.07 Å². The van der Waals surface area contributed by atoms with E-state index in [0.717, 1.165) is 0 Å². The Hall–Kier alpha value is -2.41. The van der Waals surface area contributed by atoms with Crippen LogP contribution in [0.3, 0.4) is 0 Å². The Morgan fingerprint density at radius 3 is 2.83 bits per heavy atom. The van der Waals surface area contributed by atoms with Crippen LogP contribution in [-0.4, -0.2) is 17.7 Å². The zero-order valence-electron chi connectivity index (χ0n) is 9.41. The molecule has 0 spiro atoms. The molecule has 0 bridgehead atoms. The Balaban J connectivity index is 2.25. The number of carbonyl (C=O) groups excluding carboxylic acids is 1. The number of carbonyl (C=O) groups is 1. The van der Waals surface area contributed by atoms with E-state index in [4.69, 9.17) is 10.5 Å². The molecule has 7 nitrogen and oxygen atoms in total. The van der Waals surface area contributed by atoms with Crippen LogP contribution in [0.2, 0.25) is 0 Å². The Bertz CT molecular complexity index is 538. The molecule has 0 radical (unpaired) electrons. The van der Waals surface area contributed by atoms with E-state index in [-0.39, 0.29) is 23.7 Å². The van der Waals surface area contributed by atoms with Gasteiger partial charge in [0.05, 0.1) is 6.54 Å². The van der Waals surface area contributed by atoms with Gasteiger partial charge >= 0.3 is 5.97 Å². The number of ether oxygens (including phenoxy) is 1. The molecule has 0 atom stereocenters. The van der Waals surface area contributed by atoms with Crippen LogP contribution in [0.15, 0.2) is 35.0 Å². The van der Waals surface area contributed by atoms with E-state index in [9.17, 15) is 10.0 Å². The number of hydrogen-bond donors (Lipinski definition) is 1. The summed E-state index contributed by atoms with van der Waals surface area (Å²) in [6.07, 6.45) is 0. The number of hydrogen-bond acceptors (Lipinski definition) is 6. The van der Waals surface area contributed by atoms with Crippen molar-refractivity contribution in [2.24, 2.45) is 5.73 Å². The van der Waals surface area contributed by atoms with Gasteiger partial charge in [-0.15, -0.1) is 0 Å². The second-order valence-corrected chi connectivity index (χ2v) is 3.46. The van der Waals surface area contributed by atoms with Crippen molar-refractivity contribution >= 4 is 5.97 Å². The maximum atomic E-state index is 11.4. The second kappa shape index (κ2) is 5.28. The van der Waals surface area contributed by atoms with Crippen molar-refractivity contribution in [3.8, 4) is 11.3 Å². The van der Waals surface area contributed by atoms with Crippen LogP contribution in [0.4, 0.5) is 0 Å². The average molecular weight is 249 g/mol. The Kier molecular flexibility index (Phi) is 3.54. The normalized spacial score (nSPS) is 10.3. The molecule has 94 valence electrons. The molecule has 1 aromatic heterocycles. The minimum absolute atomic E-state index is 0.128. The fraction of sp³-hybridized carbons (Fsp3) is 0.182. The molecule has 0 saturated heterocycles. The largest absolute Gasteiger partial charge is 0.456 e. The quantitative estimate of drug-likeness (QED) is 0.602. The van der Waals surface area contributed by atoms with Crippen LogP contribution < -0.4 is 10.6 Å². The maximum absolute atomic E-state index is 11.4. The number of aromatic nitrogens is 2. The molecule has 7 heteroatoms. The molecule has 18 heavy (non-hydrogen) atoms. The van der Waals surface area contributed by atoms with Crippen molar-refractivity contribution in [1.82, 2.24) is 5.16 Å². The van der Waals surface area contributed by atoms with Gasteiger partial charge in [0.25, 0.3) is 5.69 Å². The lowest BCUT2D eigenvalue weighted by Gasteiger charge is -2.01. The summed E-state index contributed by atoms with van der Waals surface area (Å²) in [7, 11) is 0. The van der Waals surface area contributed by atoms with Gasteiger partial charge in [-0.1, -0.05) is 30.3 Å². The highest BCUT2D eigenvalue weighted by Crippen LogP contribution is 2.19. The maximum Gasteiger partial charge on any atom is 0.320 e. The lowest BCUT2D eigenvalue weighted by atomic mass is 10.1. The fourth-order valence-electron chi connectivity index (χ4n) is 1.41. The molecule has 2 N–H and O–H groups in total. The summed E-state index contributed by atoms with van der Waals surface area (Å²) >= 11 is 0. The molecule has 0 aliphatic rings. The molecule has 0 unspecified atom stereocenters. The minimum atomic E-state index is -0.602. The molecular weight excluding hydrogens is 238 g/mol.